The minimum atomic E-state index is -0.245. The fourth-order valence-corrected chi connectivity index (χ4v) is 3.75. The summed E-state index contributed by atoms with van der Waals surface area (Å²) in [4.78, 5) is 14.6. The van der Waals surface area contributed by atoms with Crippen LogP contribution in [0, 0.1) is 0 Å². The van der Waals surface area contributed by atoms with Crippen LogP contribution >= 0.6 is 24.8 Å². The number of piperazine rings is 1. The quantitative estimate of drug-likeness (QED) is 0.763. The largest absolute Gasteiger partial charge is 0.398 e. The first-order valence-electron chi connectivity index (χ1n) is 7.70. The van der Waals surface area contributed by atoms with Crippen LogP contribution < -0.4 is 11.1 Å². The summed E-state index contributed by atoms with van der Waals surface area (Å²) in [5.41, 5.74) is 10.4. The highest BCUT2D eigenvalue weighted by molar-refractivity contribution is 5.87. The third-order valence-electron chi connectivity index (χ3n) is 4.75. The van der Waals surface area contributed by atoms with Gasteiger partial charge in [-0.15, -0.1) is 24.8 Å². The van der Waals surface area contributed by atoms with Gasteiger partial charge in [0.05, 0.1) is 0 Å². The van der Waals surface area contributed by atoms with Gasteiger partial charge < -0.3 is 11.1 Å². The van der Waals surface area contributed by atoms with Gasteiger partial charge in [-0.05, 0) is 17.2 Å². The minimum Gasteiger partial charge on any atom is -0.398 e. The van der Waals surface area contributed by atoms with E-state index in [1.807, 2.05) is 18.2 Å². The lowest BCUT2D eigenvalue weighted by Gasteiger charge is -2.43. The van der Waals surface area contributed by atoms with Gasteiger partial charge in [0.2, 0.25) is 5.91 Å². The lowest BCUT2D eigenvalue weighted by Crippen LogP contribution is -2.53. The summed E-state index contributed by atoms with van der Waals surface area (Å²) in [6.45, 7) is 2.44. The Labute approximate surface area is 154 Å². The summed E-state index contributed by atoms with van der Waals surface area (Å²) in [6, 6.07) is 16.2. The maximum atomic E-state index is 12.4. The zero-order valence-corrected chi connectivity index (χ0v) is 14.8. The normalized spacial score (nSPS) is 22.2. The Morgan fingerprint density at radius 1 is 1.04 bits per heavy atom. The van der Waals surface area contributed by atoms with Gasteiger partial charge in [0, 0.05) is 36.8 Å². The Kier molecular flexibility index (Phi) is 5.75. The summed E-state index contributed by atoms with van der Waals surface area (Å²) < 4.78 is 0. The third-order valence-corrected chi connectivity index (χ3v) is 4.75. The monoisotopic (exact) mass is 365 g/mol. The number of benzene rings is 2. The standard InChI is InChI=1S/C18H19N3O.2ClH/c19-15-8-4-7-13-14(12-5-2-1-3-6-12)11-21-10-9-20-18(22)17(21)16(13)15;;/h1-8,14,17H,9-11,19H2,(H,20,22);2*1H/t14-,17+;;/m0../s1. The molecule has 4 rings (SSSR count). The predicted molar refractivity (Wildman–Crippen MR) is 101 cm³/mol. The van der Waals surface area contributed by atoms with E-state index >= 15 is 0 Å². The lowest BCUT2D eigenvalue weighted by molar-refractivity contribution is -0.129. The van der Waals surface area contributed by atoms with Crippen LogP contribution in [0.4, 0.5) is 5.69 Å². The molecule has 128 valence electrons. The molecule has 4 nitrogen and oxygen atoms in total. The third kappa shape index (κ3) is 2.97. The van der Waals surface area contributed by atoms with Crippen molar-refractivity contribution in [2.75, 3.05) is 25.4 Å². The number of anilines is 1. The van der Waals surface area contributed by atoms with Crippen LogP contribution in [-0.4, -0.2) is 30.4 Å². The van der Waals surface area contributed by atoms with E-state index < -0.39 is 0 Å². The van der Waals surface area contributed by atoms with Gasteiger partial charge in [0.25, 0.3) is 0 Å². The number of carbonyl (C=O) groups is 1. The van der Waals surface area contributed by atoms with E-state index in [0.717, 1.165) is 18.7 Å². The second-order valence-electron chi connectivity index (χ2n) is 6.00. The predicted octanol–water partition coefficient (Wildman–Crippen LogP) is 2.73. The van der Waals surface area contributed by atoms with E-state index in [1.165, 1.54) is 11.1 Å². The second kappa shape index (κ2) is 7.43. The number of halogens is 2. The van der Waals surface area contributed by atoms with Crippen molar-refractivity contribution in [2.24, 2.45) is 0 Å². The summed E-state index contributed by atoms with van der Waals surface area (Å²) in [5, 5.41) is 2.97. The van der Waals surface area contributed by atoms with E-state index in [4.69, 9.17) is 5.73 Å². The van der Waals surface area contributed by atoms with Crippen molar-refractivity contribution in [3.63, 3.8) is 0 Å². The van der Waals surface area contributed by atoms with Crippen LogP contribution in [0.2, 0.25) is 0 Å². The molecule has 0 unspecified atom stereocenters. The van der Waals surface area contributed by atoms with Crippen molar-refractivity contribution in [3.05, 3.63) is 65.2 Å². The van der Waals surface area contributed by atoms with Crippen molar-refractivity contribution in [2.45, 2.75) is 12.0 Å². The number of nitrogens with one attached hydrogen (secondary N) is 1. The molecule has 2 heterocycles. The molecule has 0 saturated carbocycles. The Balaban J connectivity index is 0.00000104. The maximum Gasteiger partial charge on any atom is 0.242 e. The van der Waals surface area contributed by atoms with Crippen molar-refractivity contribution >= 4 is 36.4 Å². The Morgan fingerprint density at radius 2 is 1.79 bits per heavy atom. The average Bonchev–Trinajstić information content (AvgIpc) is 2.55. The van der Waals surface area contributed by atoms with Gasteiger partial charge in [-0.2, -0.15) is 0 Å². The fourth-order valence-electron chi connectivity index (χ4n) is 3.75. The molecule has 0 aliphatic carbocycles. The van der Waals surface area contributed by atoms with Crippen molar-refractivity contribution in [1.82, 2.24) is 10.2 Å². The molecule has 2 aliphatic rings. The highest BCUT2D eigenvalue weighted by Gasteiger charge is 2.40. The van der Waals surface area contributed by atoms with Crippen molar-refractivity contribution in [3.8, 4) is 0 Å². The first kappa shape index (κ1) is 18.6. The molecule has 0 spiro atoms. The number of amides is 1. The number of fused-ring (bicyclic) bond motifs is 3. The molecule has 6 heteroatoms. The molecule has 2 aromatic carbocycles. The van der Waals surface area contributed by atoms with Crippen LogP contribution in [-0.2, 0) is 4.79 Å². The summed E-state index contributed by atoms with van der Waals surface area (Å²) in [7, 11) is 0. The Bertz CT molecular complexity index is 723. The Hall–Kier alpha value is -1.75. The van der Waals surface area contributed by atoms with Gasteiger partial charge in [-0.3, -0.25) is 9.69 Å². The molecule has 1 saturated heterocycles. The molecule has 3 N–H and O–H groups in total. The molecule has 0 aromatic heterocycles. The smallest absolute Gasteiger partial charge is 0.242 e. The van der Waals surface area contributed by atoms with E-state index in [1.54, 1.807) is 0 Å². The number of nitrogens with zero attached hydrogens (tertiary/aromatic N) is 1. The van der Waals surface area contributed by atoms with Crippen LogP contribution in [0.1, 0.15) is 28.7 Å². The number of rotatable bonds is 1. The van der Waals surface area contributed by atoms with Crippen LogP contribution in [0.3, 0.4) is 0 Å². The van der Waals surface area contributed by atoms with Crippen LogP contribution in [0.15, 0.2) is 48.5 Å². The SMILES string of the molecule is Cl.Cl.Nc1cccc2c1[C@@H]1C(=O)NCCN1C[C@H]2c1ccccc1. The van der Waals surface area contributed by atoms with Gasteiger partial charge in [-0.1, -0.05) is 42.5 Å². The zero-order valence-electron chi connectivity index (χ0n) is 13.1. The van der Waals surface area contributed by atoms with E-state index in [9.17, 15) is 4.79 Å². The van der Waals surface area contributed by atoms with Gasteiger partial charge in [0.1, 0.15) is 6.04 Å². The maximum absolute atomic E-state index is 12.4. The van der Waals surface area contributed by atoms with Crippen molar-refractivity contribution < 1.29 is 4.79 Å². The van der Waals surface area contributed by atoms with E-state index in [0.29, 0.717) is 12.2 Å². The molecular weight excluding hydrogens is 345 g/mol. The molecule has 1 amide bonds. The molecule has 0 radical (unpaired) electrons. The van der Waals surface area contributed by atoms with E-state index in [-0.39, 0.29) is 42.7 Å². The second-order valence-corrected chi connectivity index (χ2v) is 6.00. The first-order valence-corrected chi connectivity index (χ1v) is 7.70. The first-order chi connectivity index (χ1) is 10.8. The number of hydrogen-bond acceptors (Lipinski definition) is 3. The number of hydrogen-bond donors (Lipinski definition) is 2. The van der Waals surface area contributed by atoms with Crippen LogP contribution in [0.5, 0.6) is 0 Å². The van der Waals surface area contributed by atoms with Crippen LogP contribution in [0.25, 0.3) is 0 Å². The minimum absolute atomic E-state index is 0. The van der Waals surface area contributed by atoms with Gasteiger partial charge in [0.15, 0.2) is 0 Å². The van der Waals surface area contributed by atoms with Gasteiger partial charge >= 0.3 is 0 Å². The number of nitrogen functional groups attached to an aromatic ring is 1. The van der Waals surface area contributed by atoms with Crippen molar-refractivity contribution in [1.29, 1.82) is 0 Å². The fraction of sp³-hybridized carbons (Fsp3) is 0.278. The molecule has 2 aromatic rings. The Morgan fingerprint density at radius 3 is 2.54 bits per heavy atom. The lowest BCUT2D eigenvalue weighted by atomic mass is 9.80. The summed E-state index contributed by atoms with van der Waals surface area (Å²) in [5.74, 6) is 0.332. The molecule has 24 heavy (non-hydrogen) atoms. The zero-order chi connectivity index (χ0) is 15.1. The van der Waals surface area contributed by atoms with Gasteiger partial charge in [-0.25, -0.2) is 0 Å². The summed E-state index contributed by atoms with van der Waals surface area (Å²) in [6.07, 6.45) is 0. The highest BCUT2D eigenvalue weighted by Crippen LogP contribution is 2.42. The molecule has 0 bridgehead atoms. The molecule has 1 fully saturated rings. The van der Waals surface area contributed by atoms with E-state index in [2.05, 4.69) is 40.5 Å². The average molecular weight is 366 g/mol. The molecular formula is C18H21Cl2N3O. The topological polar surface area (TPSA) is 58.4 Å². The molecule has 2 aliphatic heterocycles. The molecule has 2 atom stereocenters. The highest BCUT2D eigenvalue weighted by atomic mass is 35.5. The number of carbonyl (C=O) groups excluding carboxylic acids is 1. The summed E-state index contributed by atoms with van der Waals surface area (Å²) >= 11 is 0. The number of nitrogens with two attached hydrogens (primary N) is 1.